The minimum absolute atomic E-state index is 0.219. The van der Waals surface area contributed by atoms with Gasteiger partial charge in [0.15, 0.2) is 0 Å². The van der Waals surface area contributed by atoms with Crippen molar-refractivity contribution in [2.45, 2.75) is 20.3 Å². The number of ether oxygens (including phenoxy) is 1. The normalized spacial score (nSPS) is 10.9. The number of benzene rings is 1. The lowest BCUT2D eigenvalue weighted by atomic mass is 9.90. The summed E-state index contributed by atoms with van der Waals surface area (Å²) in [6, 6.07) is 6.74. The lowest BCUT2D eigenvalue weighted by molar-refractivity contribution is -0.147. The van der Waals surface area contributed by atoms with Crippen LogP contribution in [0.4, 0.5) is 0 Å². The Morgan fingerprint density at radius 1 is 1.26 bits per heavy atom. The molecule has 1 aromatic rings. The second-order valence-corrected chi connectivity index (χ2v) is 4.92. The van der Waals surface area contributed by atoms with Crippen LogP contribution in [0.3, 0.4) is 0 Å². The van der Waals surface area contributed by atoms with Crippen LogP contribution in [0.25, 0.3) is 0 Å². The summed E-state index contributed by atoms with van der Waals surface area (Å²) >= 11 is 0. The number of nitrogens with one attached hydrogen (secondary N) is 1. The van der Waals surface area contributed by atoms with Crippen molar-refractivity contribution in [2.75, 3.05) is 13.7 Å². The fraction of sp³-hybridized carbons (Fsp3) is 0.429. The van der Waals surface area contributed by atoms with Gasteiger partial charge in [-0.1, -0.05) is 0 Å². The Bertz CT molecular complexity index is 451. The summed E-state index contributed by atoms with van der Waals surface area (Å²) in [4.78, 5) is 22.7. The number of amides is 1. The molecule has 2 N–H and O–H groups in total. The molecule has 0 aliphatic heterocycles. The van der Waals surface area contributed by atoms with Crippen LogP contribution in [0.15, 0.2) is 24.3 Å². The molecule has 5 nitrogen and oxygen atoms in total. The van der Waals surface area contributed by atoms with Gasteiger partial charge in [0, 0.05) is 12.1 Å². The molecule has 0 aliphatic carbocycles. The molecule has 0 saturated heterocycles. The van der Waals surface area contributed by atoms with Gasteiger partial charge in [-0.15, -0.1) is 0 Å². The highest BCUT2D eigenvalue weighted by Crippen LogP contribution is 2.19. The Labute approximate surface area is 112 Å². The van der Waals surface area contributed by atoms with E-state index in [0.717, 1.165) is 0 Å². The Balaban J connectivity index is 2.49. The first-order valence-electron chi connectivity index (χ1n) is 6.02. The number of carboxylic acid groups (broad SMARTS) is 1. The SMILES string of the molecule is COc1ccc(C(=O)NCCC(C)(C)C(=O)O)cc1. The predicted molar refractivity (Wildman–Crippen MR) is 71.4 cm³/mol. The van der Waals surface area contributed by atoms with E-state index in [1.165, 1.54) is 0 Å². The quantitative estimate of drug-likeness (QED) is 0.824. The number of aliphatic carboxylic acids is 1. The molecule has 0 aliphatic rings. The highest BCUT2D eigenvalue weighted by molar-refractivity contribution is 5.94. The maximum absolute atomic E-state index is 11.8. The molecule has 0 fully saturated rings. The third kappa shape index (κ3) is 4.28. The van der Waals surface area contributed by atoms with E-state index in [-0.39, 0.29) is 5.91 Å². The van der Waals surface area contributed by atoms with E-state index in [2.05, 4.69) is 5.32 Å². The summed E-state index contributed by atoms with van der Waals surface area (Å²) < 4.78 is 5.00. The third-order valence-electron chi connectivity index (χ3n) is 2.97. The van der Waals surface area contributed by atoms with E-state index < -0.39 is 11.4 Å². The van der Waals surface area contributed by atoms with Gasteiger partial charge in [0.05, 0.1) is 12.5 Å². The van der Waals surface area contributed by atoms with E-state index in [0.29, 0.717) is 24.3 Å². The molecule has 0 aromatic heterocycles. The molecule has 0 atom stereocenters. The molecule has 0 saturated carbocycles. The maximum Gasteiger partial charge on any atom is 0.309 e. The topological polar surface area (TPSA) is 75.6 Å². The molecule has 0 spiro atoms. The maximum atomic E-state index is 11.8. The summed E-state index contributed by atoms with van der Waals surface area (Å²) in [5.41, 5.74) is -0.318. The second kappa shape index (κ2) is 6.22. The van der Waals surface area contributed by atoms with Gasteiger partial charge < -0.3 is 15.2 Å². The zero-order chi connectivity index (χ0) is 14.5. The van der Waals surface area contributed by atoms with Crippen LogP contribution in [0, 0.1) is 5.41 Å². The number of rotatable bonds is 6. The van der Waals surface area contributed by atoms with Crippen LogP contribution in [0.1, 0.15) is 30.6 Å². The molecular formula is C14H19NO4. The average molecular weight is 265 g/mol. The predicted octanol–water partition coefficient (Wildman–Crippen LogP) is 1.93. The lowest BCUT2D eigenvalue weighted by Gasteiger charge is -2.18. The van der Waals surface area contributed by atoms with E-state index in [1.54, 1.807) is 45.2 Å². The van der Waals surface area contributed by atoms with Gasteiger partial charge in [0.25, 0.3) is 5.91 Å². The van der Waals surface area contributed by atoms with Crippen LogP contribution >= 0.6 is 0 Å². The molecule has 1 amide bonds. The minimum Gasteiger partial charge on any atom is -0.497 e. The number of carboxylic acids is 1. The summed E-state index contributed by atoms with van der Waals surface area (Å²) in [7, 11) is 1.56. The second-order valence-electron chi connectivity index (χ2n) is 4.92. The molecule has 1 rings (SSSR count). The first-order chi connectivity index (χ1) is 8.86. The molecule has 0 heterocycles. The van der Waals surface area contributed by atoms with Crippen molar-refractivity contribution in [1.82, 2.24) is 5.32 Å². The molecular weight excluding hydrogens is 246 g/mol. The van der Waals surface area contributed by atoms with Gasteiger partial charge in [-0.05, 0) is 44.5 Å². The van der Waals surface area contributed by atoms with Crippen molar-refractivity contribution in [3.05, 3.63) is 29.8 Å². The van der Waals surface area contributed by atoms with Crippen LogP contribution in [-0.2, 0) is 4.79 Å². The molecule has 0 bridgehead atoms. The Morgan fingerprint density at radius 3 is 2.32 bits per heavy atom. The van der Waals surface area contributed by atoms with E-state index >= 15 is 0 Å². The Morgan fingerprint density at radius 2 is 1.84 bits per heavy atom. The first kappa shape index (κ1) is 15.0. The fourth-order valence-corrected chi connectivity index (χ4v) is 1.44. The van der Waals surface area contributed by atoms with Gasteiger partial charge in [-0.25, -0.2) is 0 Å². The smallest absolute Gasteiger partial charge is 0.309 e. The van der Waals surface area contributed by atoms with Crippen molar-refractivity contribution >= 4 is 11.9 Å². The molecule has 0 radical (unpaired) electrons. The Hall–Kier alpha value is -2.04. The number of carbonyl (C=O) groups excluding carboxylic acids is 1. The molecule has 5 heteroatoms. The highest BCUT2D eigenvalue weighted by Gasteiger charge is 2.26. The van der Waals surface area contributed by atoms with E-state index in [1.807, 2.05) is 0 Å². The lowest BCUT2D eigenvalue weighted by Crippen LogP contribution is -2.31. The van der Waals surface area contributed by atoms with Crippen molar-refractivity contribution in [3.8, 4) is 5.75 Å². The van der Waals surface area contributed by atoms with E-state index in [4.69, 9.17) is 9.84 Å². The van der Waals surface area contributed by atoms with Crippen molar-refractivity contribution in [2.24, 2.45) is 5.41 Å². The van der Waals surface area contributed by atoms with Crippen LogP contribution in [0.2, 0.25) is 0 Å². The number of methoxy groups -OCH3 is 1. The van der Waals surface area contributed by atoms with Gasteiger partial charge in [0.2, 0.25) is 0 Å². The Kier molecular flexibility index (Phi) is 4.92. The summed E-state index contributed by atoms with van der Waals surface area (Å²) in [5.74, 6) is -0.404. The first-order valence-corrected chi connectivity index (χ1v) is 6.02. The number of hydrogen-bond donors (Lipinski definition) is 2. The molecule has 0 unspecified atom stereocenters. The average Bonchev–Trinajstić information content (AvgIpc) is 2.38. The third-order valence-corrected chi connectivity index (χ3v) is 2.97. The van der Waals surface area contributed by atoms with Gasteiger partial charge in [-0.3, -0.25) is 9.59 Å². The monoisotopic (exact) mass is 265 g/mol. The largest absolute Gasteiger partial charge is 0.497 e. The molecule has 1 aromatic carbocycles. The van der Waals surface area contributed by atoms with Crippen molar-refractivity contribution < 1.29 is 19.4 Å². The standard InChI is InChI=1S/C14H19NO4/c1-14(2,13(17)18)8-9-15-12(16)10-4-6-11(19-3)7-5-10/h4-7H,8-9H2,1-3H3,(H,15,16)(H,17,18). The molecule has 104 valence electrons. The fourth-order valence-electron chi connectivity index (χ4n) is 1.44. The van der Waals surface area contributed by atoms with Crippen LogP contribution in [0.5, 0.6) is 5.75 Å². The summed E-state index contributed by atoms with van der Waals surface area (Å²) in [6.45, 7) is 3.59. The van der Waals surface area contributed by atoms with Gasteiger partial charge in [0.1, 0.15) is 5.75 Å². The van der Waals surface area contributed by atoms with Gasteiger partial charge in [-0.2, -0.15) is 0 Å². The van der Waals surface area contributed by atoms with Crippen molar-refractivity contribution in [1.29, 1.82) is 0 Å². The summed E-state index contributed by atoms with van der Waals surface area (Å²) in [5, 5.41) is 11.7. The summed E-state index contributed by atoms with van der Waals surface area (Å²) in [6.07, 6.45) is 0.379. The molecule has 19 heavy (non-hydrogen) atoms. The number of hydrogen-bond acceptors (Lipinski definition) is 3. The van der Waals surface area contributed by atoms with Crippen LogP contribution in [-0.4, -0.2) is 30.6 Å². The van der Waals surface area contributed by atoms with Crippen LogP contribution < -0.4 is 10.1 Å². The van der Waals surface area contributed by atoms with Crippen molar-refractivity contribution in [3.63, 3.8) is 0 Å². The highest BCUT2D eigenvalue weighted by atomic mass is 16.5. The zero-order valence-electron chi connectivity index (χ0n) is 11.4. The zero-order valence-corrected chi connectivity index (χ0v) is 11.4. The van der Waals surface area contributed by atoms with E-state index in [9.17, 15) is 9.59 Å². The minimum atomic E-state index is -0.869. The van der Waals surface area contributed by atoms with Gasteiger partial charge >= 0.3 is 5.97 Å². The number of carbonyl (C=O) groups is 2.